The van der Waals surface area contributed by atoms with Crippen molar-refractivity contribution in [2.45, 2.75) is 55.6 Å². The molecule has 0 aliphatic carbocycles. The zero-order chi connectivity index (χ0) is 12.5. The molecule has 0 spiro atoms. The average Bonchev–Trinajstić information content (AvgIpc) is 2.91. The molecule has 6 atom stereocenters. The highest BCUT2D eigenvalue weighted by molar-refractivity contribution is 7.99. The first kappa shape index (κ1) is 11.9. The van der Waals surface area contributed by atoms with Crippen LogP contribution >= 0.6 is 11.8 Å². The molecule has 0 amide bonds. The van der Waals surface area contributed by atoms with Crippen molar-refractivity contribution in [3.05, 3.63) is 0 Å². The highest BCUT2D eigenvalue weighted by atomic mass is 32.2. The van der Waals surface area contributed by atoms with Gasteiger partial charge in [-0.25, -0.2) is 0 Å². The van der Waals surface area contributed by atoms with Crippen LogP contribution in [0.5, 0.6) is 0 Å². The van der Waals surface area contributed by atoms with Gasteiger partial charge < -0.3 is 28.4 Å². The second-order valence-corrected chi connectivity index (χ2v) is 6.23. The highest BCUT2D eigenvalue weighted by Gasteiger charge is 2.65. The number of hydrogen-bond acceptors (Lipinski definition) is 7. The van der Waals surface area contributed by atoms with Gasteiger partial charge in [0.2, 0.25) is 0 Å². The van der Waals surface area contributed by atoms with Crippen molar-refractivity contribution in [3.8, 4) is 0 Å². The summed E-state index contributed by atoms with van der Waals surface area (Å²) in [6.45, 7) is 4.22. The second kappa shape index (κ2) is 3.60. The van der Waals surface area contributed by atoms with E-state index < -0.39 is 11.1 Å². The standard InChI is InChI=1S/C11H16O6S/c1-10(2)15-8-7-6(13-9(8)17-10)5-4-12-11(14-5,16-7)18-3/h5-9H,4H2,1-3H3/t5-,6+,7-,8+,9+,11+/m0/s1. The lowest BCUT2D eigenvalue weighted by Crippen LogP contribution is -2.52. The Morgan fingerprint density at radius 3 is 2.61 bits per heavy atom. The highest BCUT2D eigenvalue weighted by Crippen LogP contribution is 2.49. The number of thioether (sulfide) groups is 1. The van der Waals surface area contributed by atoms with Crippen LogP contribution in [0.4, 0.5) is 0 Å². The zero-order valence-electron chi connectivity index (χ0n) is 10.5. The summed E-state index contributed by atoms with van der Waals surface area (Å²) in [6, 6.07) is 0. The van der Waals surface area contributed by atoms with Gasteiger partial charge >= 0.3 is 5.31 Å². The van der Waals surface area contributed by atoms with Crippen LogP contribution in [-0.4, -0.2) is 54.7 Å². The minimum absolute atomic E-state index is 0.114. The predicted molar refractivity (Wildman–Crippen MR) is 60.6 cm³/mol. The molecule has 0 aromatic heterocycles. The molecule has 102 valence electrons. The van der Waals surface area contributed by atoms with Crippen LogP contribution in [-0.2, 0) is 28.4 Å². The molecule has 4 saturated heterocycles. The Labute approximate surface area is 109 Å². The summed E-state index contributed by atoms with van der Waals surface area (Å²) in [5.41, 5.74) is 0. The van der Waals surface area contributed by atoms with Gasteiger partial charge in [0.15, 0.2) is 12.1 Å². The summed E-state index contributed by atoms with van der Waals surface area (Å²) in [5, 5.41) is -1.000. The summed E-state index contributed by atoms with van der Waals surface area (Å²) in [6.07, 6.45) is 0.800. The van der Waals surface area contributed by atoms with E-state index in [0.29, 0.717) is 6.61 Å². The van der Waals surface area contributed by atoms with E-state index in [9.17, 15) is 0 Å². The number of hydrogen-bond donors (Lipinski definition) is 0. The fraction of sp³-hybridized carbons (Fsp3) is 1.00. The summed E-state index contributed by atoms with van der Waals surface area (Å²) in [5.74, 6) is -0.631. The molecule has 7 heteroatoms. The lowest BCUT2D eigenvalue weighted by Gasteiger charge is -2.37. The number of fused-ring (bicyclic) bond motifs is 6. The van der Waals surface area contributed by atoms with Crippen molar-refractivity contribution in [1.82, 2.24) is 0 Å². The Kier molecular flexibility index (Phi) is 2.38. The number of rotatable bonds is 1. The Bertz CT molecular complexity index is 377. The molecule has 18 heavy (non-hydrogen) atoms. The molecular weight excluding hydrogens is 260 g/mol. The SMILES string of the molecule is CS[C@]12OC[C@H](O1)[C@H]1O[C@@H]3OC(C)(C)O[C@@H]3[C@H]1O2. The van der Waals surface area contributed by atoms with Crippen LogP contribution in [0.3, 0.4) is 0 Å². The maximum absolute atomic E-state index is 5.93. The predicted octanol–water partition coefficient (Wildman–Crippen LogP) is 0.651. The van der Waals surface area contributed by atoms with Crippen molar-refractivity contribution in [1.29, 1.82) is 0 Å². The van der Waals surface area contributed by atoms with Gasteiger partial charge in [-0.2, -0.15) is 0 Å². The Balaban J connectivity index is 1.61. The molecule has 0 radical (unpaired) electrons. The molecule has 0 unspecified atom stereocenters. The molecule has 0 aromatic rings. The molecule has 4 fully saturated rings. The van der Waals surface area contributed by atoms with E-state index in [1.807, 2.05) is 20.1 Å². The maximum Gasteiger partial charge on any atom is 0.338 e. The van der Waals surface area contributed by atoms with Gasteiger partial charge in [-0.15, -0.1) is 0 Å². The van der Waals surface area contributed by atoms with Crippen molar-refractivity contribution in [3.63, 3.8) is 0 Å². The van der Waals surface area contributed by atoms with Gasteiger partial charge in [0, 0.05) is 0 Å². The van der Waals surface area contributed by atoms with Crippen molar-refractivity contribution >= 4 is 11.8 Å². The lowest BCUT2D eigenvalue weighted by atomic mass is 10.1. The summed E-state index contributed by atoms with van der Waals surface area (Å²) >= 11 is 1.40. The van der Waals surface area contributed by atoms with E-state index in [4.69, 9.17) is 28.4 Å². The third-order valence-corrected chi connectivity index (χ3v) is 4.45. The van der Waals surface area contributed by atoms with Gasteiger partial charge in [-0.3, -0.25) is 0 Å². The largest absolute Gasteiger partial charge is 0.341 e. The third-order valence-electron chi connectivity index (χ3n) is 3.64. The molecule has 4 rings (SSSR count). The van der Waals surface area contributed by atoms with Crippen LogP contribution in [0.2, 0.25) is 0 Å². The Morgan fingerprint density at radius 1 is 1.00 bits per heavy atom. The first-order valence-electron chi connectivity index (χ1n) is 6.08. The summed E-state index contributed by atoms with van der Waals surface area (Å²) in [7, 11) is 0. The molecule has 0 aromatic carbocycles. The topological polar surface area (TPSA) is 55.4 Å². The maximum atomic E-state index is 5.93. The summed E-state index contributed by atoms with van der Waals surface area (Å²) < 4.78 is 34.7. The fourth-order valence-corrected chi connectivity index (χ4v) is 3.53. The van der Waals surface area contributed by atoms with Gasteiger partial charge in [0.1, 0.15) is 24.4 Å². The van der Waals surface area contributed by atoms with E-state index in [2.05, 4.69) is 0 Å². The summed E-state index contributed by atoms with van der Waals surface area (Å²) in [4.78, 5) is 0. The fourth-order valence-electron chi connectivity index (χ4n) is 2.92. The third kappa shape index (κ3) is 1.53. The molecule has 0 saturated carbocycles. The zero-order valence-corrected chi connectivity index (χ0v) is 11.3. The molecular formula is C11H16O6S. The number of ether oxygens (including phenoxy) is 6. The van der Waals surface area contributed by atoms with E-state index in [-0.39, 0.29) is 30.7 Å². The molecule has 2 bridgehead atoms. The first-order valence-corrected chi connectivity index (χ1v) is 7.30. The van der Waals surface area contributed by atoms with Crippen molar-refractivity contribution < 1.29 is 28.4 Å². The van der Waals surface area contributed by atoms with Crippen LogP contribution < -0.4 is 0 Å². The van der Waals surface area contributed by atoms with Crippen molar-refractivity contribution in [2.75, 3.05) is 12.9 Å². The van der Waals surface area contributed by atoms with Gasteiger partial charge in [0.25, 0.3) is 0 Å². The molecule has 6 nitrogen and oxygen atoms in total. The van der Waals surface area contributed by atoms with E-state index >= 15 is 0 Å². The quantitative estimate of drug-likeness (QED) is 0.697. The Hall–Kier alpha value is 0.110. The first-order chi connectivity index (χ1) is 8.52. The van der Waals surface area contributed by atoms with Crippen LogP contribution in [0.25, 0.3) is 0 Å². The molecule has 4 aliphatic rings. The monoisotopic (exact) mass is 276 g/mol. The van der Waals surface area contributed by atoms with Gasteiger partial charge in [0.05, 0.1) is 6.61 Å². The minimum atomic E-state index is -1.000. The molecule has 4 heterocycles. The minimum Gasteiger partial charge on any atom is -0.341 e. The van der Waals surface area contributed by atoms with Crippen LogP contribution in [0.1, 0.15) is 13.8 Å². The van der Waals surface area contributed by atoms with E-state index in [1.165, 1.54) is 11.8 Å². The van der Waals surface area contributed by atoms with E-state index in [1.54, 1.807) is 0 Å². The molecule has 0 N–H and O–H groups in total. The van der Waals surface area contributed by atoms with E-state index in [0.717, 1.165) is 0 Å². The normalized spacial score (nSPS) is 56.5. The second-order valence-electron chi connectivity index (χ2n) is 5.32. The van der Waals surface area contributed by atoms with Crippen molar-refractivity contribution in [2.24, 2.45) is 0 Å². The van der Waals surface area contributed by atoms with Crippen LogP contribution in [0.15, 0.2) is 0 Å². The smallest absolute Gasteiger partial charge is 0.338 e. The van der Waals surface area contributed by atoms with Gasteiger partial charge in [-0.05, 0) is 20.1 Å². The van der Waals surface area contributed by atoms with Gasteiger partial charge in [-0.1, -0.05) is 11.8 Å². The Morgan fingerprint density at radius 2 is 1.83 bits per heavy atom. The average molecular weight is 276 g/mol. The molecule has 4 aliphatic heterocycles. The lowest BCUT2D eigenvalue weighted by molar-refractivity contribution is -0.343. The van der Waals surface area contributed by atoms with Crippen LogP contribution in [0, 0.1) is 0 Å².